The Morgan fingerprint density at radius 3 is 2.38 bits per heavy atom. The third-order valence-corrected chi connectivity index (χ3v) is 3.22. The lowest BCUT2D eigenvalue weighted by atomic mass is 10.1. The Hall–Kier alpha value is -2.88. The summed E-state index contributed by atoms with van der Waals surface area (Å²) in [7, 11) is 1.58. The maximum absolute atomic E-state index is 12.0. The van der Waals surface area contributed by atoms with Gasteiger partial charge in [0, 0.05) is 41.3 Å². The smallest absolute Gasteiger partial charge is 0.255 e. The molecule has 0 fully saturated rings. The van der Waals surface area contributed by atoms with Crippen LogP contribution in [0.2, 0.25) is 0 Å². The van der Waals surface area contributed by atoms with Gasteiger partial charge in [0.15, 0.2) is 0 Å². The lowest BCUT2D eigenvalue weighted by Gasteiger charge is -2.08. The van der Waals surface area contributed by atoms with Crippen molar-refractivity contribution >= 4 is 0 Å². The Labute approximate surface area is 122 Å². The van der Waals surface area contributed by atoms with Crippen molar-refractivity contribution in [3.63, 3.8) is 0 Å². The van der Waals surface area contributed by atoms with E-state index in [-0.39, 0.29) is 5.56 Å². The normalized spacial score (nSPS) is 10.3. The van der Waals surface area contributed by atoms with Crippen LogP contribution in [0.25, 0.3) is 16.8 Å². The predicted octanol–water partition coefficient (Wildman–Crippen LogP) is 2.91. The van der Waals surface area contributed by atoms with E-state index in [9.17, 15) is 4.79 Å². The van der Waals surface area contributed by atoms with Gasteiger partial charge in [0.25, 0.3) is 5.56 Å². The molecule has 21 heavy (non-hydrogen) atoms. The Morgan fingerprint density at radius 2 is 1.71 bits per heavy atom. The van der Waals surface area contributed by atoms with Gasteiger partial charge in [0.05, 0.1) is 7.11 Å². The number of para-hydroxylation sites is 1. The molecule has 0 saturated carbocycles. The highest BCUT2D eigenvalue weighted by Crippen LogP contribution is 2.20. The third kappa shape index (κ3) is 2.69. The molecule has 0 amide bonds. The molecule has 4 nitrogen and oxygen atoms in total. The molecule has 0 radical (unpaired) electrons. The lowest BCUT2D eigenvalue weighted by molar-refractivity contribution is 0.398. The number of hydrogen-bond donors (Lipinski definition) is 0. The van der Waals surface area contributed by atoms with Crippen LogP contribution in [0.4, 0.5) is 0 Å². The first-order chi connectivity index (χ1) is 10.3. The molecule has 0 aliphatic carbocycles. The topological polar surface area (TPSA) is 44.1 Å². The molecule has 0 saturated heterocycles. The summed E-state index contributed by atoms with van der Waals surface area (Å²) in [5, 5.41) is 0. The van der Waals surface area contributed by atoms with Crippen LogP contribution in [0.15, 0.2) is 71.8 Å². The molecule has 3 aromatic rings. The third-order valence-electron chi connectivity index (χ3n) is 3.22. The van der Waals surface area contributed by atoms with Gasteiger partial charge in [-0.2, -0.15) is 0 Å². The van der Waals surface area contributed by atoms with Gasteiger partial charge in [0.2, 0.25) is 5.88 Å². The van der Waals surface area contributed by atoms with E-state index >= 15 is 0 Å². The number of pyridine rings is 2. The zero-order chi connectivity index (χ0) is 14.7. The van der Waals surface area contributed by atoms with Crippen molar-refractivity contribution in [1.29, 1.82) is 0 Å². The van der Waals surface area contributed by atoms with Gasteiger partial charge < -0.3 is 4.74 Å². The number of rotatable bonds is 3. The summed E-state index contributed by atoms with van der Waals surface area (Å²) in [5.74, 6) is 0.565. The first-order valence-corrected chi connectivity index (χ1v) is 6.56. The zero-order valence-electron chi connectivity index (χ0n) is 11.6. The molecule has 0 aliphatic heterocycles. The predicted molar refractivity (Wildman–Crippen MR) is 81.8 cm³/mol. The van der Waals surface area contributed by atoms with Crippen LogP contribution in [-0.4, -0.2) is 16.7 Å². The van der Waals surface area contributed by atoms with Crippen molar-refractivity contribution in [2.45, 2.75) is 0 Å². The highest BCUT2D eigenvalue weighted by atomic mass is 16.5. The van der Waals surface area contributed by atoms with Gasteiger partial charge in [-0.25, -0.2) is 4.98 Å². The minimum Gasteiger partial charge on any atom is -0.481 e. The Balaban J connectivity index is 2.06. The fourth-order valence-electron chi connectivity index (χ4n) is 2.12. The molecule has 0 aliphatic rings. The van der Waals surface area contributed by atoms with Crippen LogP contribution >= 0.6 is 0 Å². The summed E-state index contributed by atoms with van der Waals surface area (Å²) in [6.45, 7) is 0. The molecule has 0 unspecified atom stereocenters. The molecular weight excluding hydrogens is 264 g/mol. The minimum absolute atomic E-state index is 0.0635. The fourth-order valence-corrected chi connectivity index (χ4v) is 2.12. The Morgan fingerprint density at radius 1 is 0.952 bits per heavy atom. The van der Waals surface area contributed by atoms with Gasteiger partial charge >= 0.3 is 0 Å². The summed E-state index contributed by atoms with van der Waals surface area (Å²) in [4.78, 5) is 16.2. The number of ether oxygens (including phenoxy) is 1. The van der Waals surface area contributed by atoms with E-state index in [1.807, 2.05) is 42.6 Å². The SMILES string of the molecule is COc1ccc(-c2ccc(=O)n(-c3ccccc3)c2)cn1. The van der Waals surface area contributed by atoms with Crippen molar-refractivity contribution in [2.75, 3.05) is 7.11 Å². The van der Waals surface area contributed by atoms with E-state index in [0.717, 1.165) is 16.8 Å². The van der Waals surface area contributed by atoms with E-state index in [1.165, 1.54) is 0 Å². The van der Waals surface area contributed by atoms with Crippen LogP contribution in [0, 0.1) is 0 Å². The van der Waals surface area contributed by atoms with Crippen molar-refractivity contribution in [1.82, 2.24) is 9.55 Å². The number of benzene rings is 1. The second-order valence-electron chi connectivity index (χ2n) is 4.55. The number of methoxy groups -OCH3 is 1. The molecule has 3 rings (SSSR count). The maximum Gasteiger partial charge on any atom is 0.255 e. The van der Waals surface area contributed by atoms with Gasteiger partial charge in [0.1, 0.15) is 0 Å². The molecule has 0 atom stereocenters. The van der Waals surface area contributed by atoms with Gasteiger partial charge in [-0.1, -0.05) is 18.2 Å². The second kappa shape index (κ2) is 5.63. The molecule has 0 N–H and O–H groups in total. The molecule has 0 spiro atoms. The highest BCUT2D eigenvalue weighted by molar-refractivity contribution is 5.62. The molecule has 2 aromatic heterocycles. The monoisotopic (exact) mass is 278 g/mol. The fraction of sp³-hybridized carbons (Fsp3) is 0.0588. The van der Waals surface area contributed by atoms with Crippen molar-refractivity contribution in [2.24, 2.45) is 0 Å². The maximum atomic E-state index is 12.0. The van der Waals surface area contributed by atoms with E-state index in [0.29, 0.717) is 5.88 Å². The summed E-state index contributed by atoms with van der Waals surface area (Å²) < 4.78 is 6.68. The minimum atomic E-state index is -0.0635. The summed E-state index contributed by atoms with van der Waals surface area (Å²) in [6.07, 6.45) is 3.55. The second-order valence-corrected chi connectivity index (χ2v) is 4.55. The summed E-state index contributed by atoms with van der Waals surface area (Å²) in [5.41, 5.74) is 2.63. The van der Waals surface area contributed by atoms with Crippen molar-refractivity contribution in [3.05, 3.63) is 77.3 Å². The lowest BCUT2D eigenvalue weighted by Crippen LogP contribution is -2.16. The average Bonchev–Trinajstić information content (AvgIpc) is 2.56. The highest BCUT2D eigenvalue weighted by Gasteiger charge is 2.04. The number of nitrogens with zero attached hydrogens (tertiary/aromatic N) is 2. The Bertz CT molecular complexity index is 793. The summed E-state index contributed by atoms with van der Waals surface area (Å²) >= 11 is 0. The average molecular weight is 278 g/mol. The summed E-state index contributed by atoms with van der Waals surface area (Å²) in [6, 6.07) is 16.6. The molecule has 104 valence electrons. The first-order valence-electron chi connectivity index (χ1n) is 6.56. The molecule has 1 aromatic carbocycles. The van der Waals surface area contributed by atoms with Crippen LogP contribution < -0.4 is 10.3 Å². The van der Waals surface area contributed by atoms with E-state index in [2.05, 4.69) is 4.98 Å². The van der Waals surface area contributed by atoms with E-state index in [1.54, 1.807) is 36.1 Å². The zero-order valence-corrected chi connectivity index (χ0v) is 11.6. The molecule has 2 heterocycles. The van der Waals surface area contributed by atoms with Crippen LogP contribution in [0.1, 0.15) is 0 Å². The van der Waals surface area contributed by atoms with Crippen LogP contribution in [-0.2, 0) is 0 Å². The first kappa shape index (κ1) is 13.1. The van der Waals surface area contributed by atoms with Crippen LogP contribution in [0.5, 0.6) is 5.88 Å². The van der Waals surface area contributed by atoms with Gasteiger partial charge in [-0.3, -0.25) is 9.36 Å². The molecule has 4 heteroatoms. The van der Waals surface area contributed by atoms with Gasteiger partial charge in [-0.15, -0.1) is 0 Å². The molecule has 0 bridgehead atoms. The van der Waals surface area contributed by atoms with Crippen molar-refractivity contribution < 1.29 is 4.74 Å². The number of hydrogen-bond acceptors (Lipinski definition) is 3. The van der Waals surface area contributed by atoms with E-state index < -0.39 is 0 Å². The van der Waals surface area contributed by atoms with Crippen LogP contribution in [0.3, 0.4) is 0 Å². The Kier molecular flexibility index (Phi) is 3.51. The van der Waals surface area contributed by atoms with E-state index in [4.69, 9.17) is 4.74 Å². The quantitative estimate of drug-likeness (QED) is 0.740. The van der Waals surface area contributed by atoms with Crippen molar-refractivity contribution in [3.8, 4) is 22.7 Å². The standard InChI is InChI=1S/C17H14N2O2/c1-21-16-9-7-13(11-18-16)14-8-10-17(20)19(12-14)15-5-3-2-4-6-15/h2-12H,1H3. The number of aromatic nitrogens is 2. The molecular formula is C17H14N2O2. The van der Waals surface area contributed by atoms with Gasteiger partial charge in [-0.05, 0) is 24.3 Å². The largest absolute Gasteiger partial charge is 0.481 e.